The Morgan fingerprint density at radius 1 is 1.29 bits per heavy atom. The lowest BCUT2D eigenvalue weighted by Gasteiger charge is -2.29. The lowest BCUT2D eigenvalue weighted by atomic mass is 9.93. The van der Waals surface area contributed by atoms with Crippen LogP contribution in [-0.2, 0) is 17.7 Å². The van der Waals surface area contributed by atoms with Gasteiger partial charge in [-0.05, 0) is 29.0 Å². The first-order valence-electron chi connectivity index (χ1n) is 6.53. The summed E-state index contributed by atoms with van der Waals surface area (Å²) in [4.78, 5) is 2.47. The molecule has 0 saturated heterocycles. The average Bonchev–Trinajstić information content (AvgIpc) is 2.35. The molecule has 2 heteroatoms. The largest absolute Gasteiger partial charge is 0.383 e. The molecule has 0 spiro atoms. The average molecular weight is 233 g/mol. The first kappa shape index (κ1) is 12.6. The number of methoxy groups -OCH3 is 1. The van der Waals surface area contributed by atoms with Crippen LogP contribution in [0.15, 0.2) is 18.2 Å². The van der Waals surface area contributed by atoms with Gasteiger partial charge in [-0.2, -0.15) is 0 Å². The minimum absolute atomic E-state index is 0.631. The molecule has 0 N–H and O–H groups in total. The summed E-state index contributed by atoms with van der Waals surface area (Å²) in [5, 5.41) is 0. The molecule has 0 fully saturated rings. The highest BCUT2D eigenvalue weighted by atomic mass is 16.5. The Balaban J connectivity index is 2.06. The Kier molecular flexibility index (Phi) is 4.19. The zero-order chi connectivity index (χ0) is 12.3. The molecule has 1 aliphatic rings. The molecular weight excluding hydrogens is 210 g/mol. The summed E-state index contributed by atoms with van der Waals surface area (Å²) in [5.74, 6) is 0.631. The van der Waals surface area contributed by atoms with E-state index in [1.807, 2.05) is 0 Å². The summed E-state index contributed by atoms with van der Waals surface area (Å²) in [7, 11) is 1.77. The van der Waals surface area contributed by atoms with E-state index in [2.05, 4.69) is 36.9 Å². The predicted octanol–water partition coefficient (Wildman–Crippen LogP) is 2.81. The van der Waals surface area contributed by atoms with Crippen molar-refractivity contribution in [2.24, 2.45) is 0 Å². The Morgan fingerprint density at radius 3 is 2.82 bits per heavy atom. The SMILES string of the molecule is COCCN1CCc2cc(C(C)C)ccc2C1. The van der Waals surface area contributed by atoms with Gasteiger partial charge in [0.25, 0.3) is 0 Å². The van der Waals surface area contributed by atoms with Crippen molar-refractivity contribution in [3.8, 4) is 0 Å². The second-order valence-corrected chi connectivity index (χ2v) is 5.20. The van der Waals surface area contributed by atoms with Crippen LogP contribution in [0.4, 0.5) is 0 Å². The first-order valence-corrected chi connectivity index (χ1v) is 6.53. The number of ether oxygens (including phenoxy) is 1. The van der Waals surface area contributed by atoms with Crippen molar-refractivity contribution in [1.82, 2.24) is 4.90 Å². The number of rotatable bonds is 4. The summed E-state index contributed by atoms with van der Waals surface area (Å²) >= 11 is 0. The number of fused-ring (bicyclic) bond motifs is 1. The standard InChI is InChI=1S/C15H23NO/c1-12(2)13-4-5-15-11-16(8-9-17-3)7-6-14(15)10-13/h4-5,10,12H,6-9,11H2,1-3H3. The fourth-order valence-electron chi connectivity index (χ4n) is 2.40. The first-order chi connectivity index (χ1) is 8.20. The highest BCUT2D eigenvalue weighted by Crippen LogP contribution is 2.23. The summed E-state index contributed by atoms with van der Waals surface area (Å²) in [6.45, 7) is 8.64. The highest BCUT2D eigenvalue weighted by molar-refractivity contribution is 5.35. The molecule has 1 aromatic rings. The third-order valence-electron chi connectivity index (χ3n) is 3.60. The summed E-state index contributed by atoms with van der Waals surface area (Å²) in [6.07, 6.45) is 1.18. The van der Waals surface area contributed by atoms with E-state index in [0.29, 0.717) is 5.92 Å². The van der Waals surface area contributed by atoms with Crippen molar-refractivity contribution in [3.05, 3.63) is 34.9 Å². The molecule has 0 aliphatic carbocycles. The molecule has 1 heterocycles. The Hall–Kier alpha value is -0.860. The van der Waals surface area contributed by atoms with Crippen molar-refractivity contribution in [3.63, 3.8) is 0 Å². The second kappa shape index (κ2) is 5.65. The zero-order valence-electron chi connectivity index (χ0n) is 11.2. The van der Waals surface area contributed by atoms with E-state index in [0.717, 1.165) is 26.2 Å². The summed E-state index contributed by atoms with van der Waals surface area (Å²) in [6, 6.07) is 6.99. The van der Waals surface area contributed by atoms with Gasteiger partial charge in [-0.25, -0.2) is 0 Å². The molecular formula is C15H23NO. The molecule has 0 aromatic heterocycles. The number of hydrogen-bond donors (Lipinski definition) is 0. The number of hydrogen-bond acceptors (Lipinski definition) is 2. The molecule has 0 atom stereocenters. The van der Waals surface area contributed by atoms with Crippen LogP contribution in [0, 0.1) is 0 Å². The van der Waals surface area contributed by atoms with E-state index in [-0.39, 0.29) is 0 Å². The van der Waals surface area contributed by atoms with Crippen LogP contribution in [0.25, 0.3) is 0 Å². The van der Waals surface area contributed by atoms with Gasteiger partial charge in [0.15, 0.2) is 0 Å². The molecule has 1 aliphatic heterocycles. The minimum atomic E-state index is 0.631. The van der Waals surface area contributed by atoms with Crippen LogP contribution in [0.5, 0.6) is 0 Å². The van der Waals surface area contributed by atoms with E-state index in [1.54, 1.807) is 12.7 Å². The lowest BCUT2D eigenvalue weighted by Crippen LogP contribution is -2.33. The summed E-state index contributed by atoms with van der Waals surface area (Å²) in [5.41, 5.74) is 4.51. The fourth-order valence-corrected chi connectivity index (χ4v) is 2.40. The van der Waals surface area contributed by atoms with Gasteiger partial charge in [-0.15, -0.1) is 0 Å². The van der Waals surface area contributed by atoms with Crippen LogP contribution in [0.3, 0.4) is 0 Å². The molecule has 0 amide bonds. The maximum absolute atomic E-state index is 5.14. The van der Waals surface area contributed by atoms with Crippen LogP contribution in [0.1, 0.15) is 36.5 Å². The van der Waals surface area contributed by atoms with Gasteiger partial charge < -0.3 is 4.74 Å². The van der Waals surface area contributed by atoms with E-state index in [1.165, 1.54) is 17.5 Å². The van der Waals surface area contributed by atoms with Gasteiger partial charge in [0, 0.05) is 26.7 Å². The molecule has 2 nitrogen and oxygen atoms in total. The Morgan fingerprint density at radius 2 is 2.12 bits per heavy atom. The third kappa shape index (κ3) is 3.08. The smallest absolute Gasteiger partial charge is 0.0589 e. The van der Waals surface area contributed by atoms with Gasteiger partial charge >= 0.3 is 0 Å². The highest BCUT2D eigenvalue weighted by Gasteiger charge is 2.16. The van der Waals surface area contributed by atoms with Gasteiger partial charge in [-0.1, -0.05) is 32.0 Å². The van der Waals surface area contributed by atoms with E-state index >= 15 is 0 Å². The van der Waals surface area contributed by atoms with Gasteiger partial charge in [0.05, 0.1) is 6.61 Å². The molecule has 0 bridgehead atoms. The molecule has 17 heavy (non-hydrogen) atoms. The molecule has 0 saturated carbocycles. The van der Waals surface area contributed by atoms with Crippen LogP contribution >= 0.6 is 0 Å². The zero-order valence-corrected chi connectivity index (χ0v) is 11.2. The maximum atomic E-state index is 5.14. The number of nitrogens with zero attached hydrogens (tertiary/aromatic N) is 1. The molecule has 94 valence electrons. The van der Waals surface area contributed by atoms with E-state index < -0.39 is 0 Å². The normalized spacial score (nSPS) is 16.2. The monoisotopic (exact) mass is 233 g/mol. The van der Waals surface area contributed by atoms with Crippen molar-refractivity contribution in [2.75, 3.05) is 26.8 Å². The quantitative estimate of drug-likeness (QED) is 0.793. The lowest BCUT2D eigenvalue weighted by molar-refractivity contribution is 0.141. The predicted molar refractivity (Wildman–Crippen MR) is 71.4 cm³/mol. The van der Waals surface area contributed by atoms with E-state index in [4.69, 9.17) is 4.74 Å². The molecule has 0 radical (unpaired) electrons. The fraction of sp³-hybridized carbons (Fsp3) is 0.600. The Labute approximate surface area is 105 Å². The minimum Gasteiger partial charge on any atom is -0.383 e. The van der Waals surface area contributed by atoms with Crippen molar-refractivity contribution >= 4 is 0 Å². The van der Waals surface area contributed by atoms with Gasteiger partial charge in [-0.3, -0.25) is 4.90 Å². The third-order valence-corrected chi connectivity index (χ3v) is 3.60. The van der Waals surface area contributed by atoms with Crippen LogP contribution in [-0.4, -0.2) is 31.7 Å². The van der Waals surface area contributed by atoms with Crippen molar-refractivity contribution in [1.29, 1.82) is 0 Å². The van der Waals surface area contributed by atoms with Gasteiger partial charge in [0.2, 0.25) is 0 Å². The van der Waals surface area contributed by atoms with Gasteiger partial charge in [0.1, 0.15) is 0 Å². The van der Waals surface area contributed by atoms with Crippen LogP contribution < -0.4 is 0 Å². The summed E-state index contributed by atoms with van der Waals surface area (Å²) < 4.78 is 5.14. The molecule has 2 rings (SSSR count). The maximum Gasteiger partial charge on any atom is 0.0589 e. The number of benzene rings is 1. The topological polar surface area (TPSA) is 12.5 Å². The van der Waals surface area contributed by atoms with Crippen molar-refractivity contribution < 1.29 is 4.74 Å². The Bertz CT molecular complexity index is 373. The van der Waals surface area contributed by atoms with Crippen molar-refractivity contribution in [2.45, 2.75) is 32.7 Å². The second-order valence-electron chi connectivity index (χ2n) is 5.20. The molecule has 1 aromatic carbocycles. The van der Waals surface area contributed by atoms with Crippen LogP contribution in [0.2, 0.25) is 0 Å². The molecule has 0 unspecified atom stereocenters. The van der Waals surface area contributed by atoms with E-state index in [9.17, 15) is 0 Å².